The molecule has 28 heavy (non-hydrogen) atoms. The van der Waals surface area contributed by atoms with Gasteiger partial charge in [0.2, 0.25) is 5.91 Å². The molecular formula is C20H25N5O2S. The second-order valence-electron chi connectivity index (χ2n) is 7.30. The Morgan fingerprint density at radius 1 is 1.32 bits per heavy atom. The van der Waals surface area contributed by atoms with Crippen LogP contribution in [0.15, 0.2) is 36.5 Å². The van der Waals surface area contributed by atoms with Crippen molar-refractivity contribution in [3.05, 3.63) is 47.8 Å². The molecule has 7 nitrogen and oxygen atoms in total. The zero-order valence-corrected chi connectivity index (χ0v) is 16.7. The lowest BCUT2D eigenvalue weighted by atomic mass is 10.0. The van der Waals surface area contributed by atoms with E-state index in [0.29, 0.717) is 12.1 Å². The lowest BCUT2D eigenvalue weighted by Crippen LogP contribution is -2.42. The molecule has 1 aromatic heterocycles. The Balaban J connectivity index is 1.32. The van der Waals surface area contributed by atoms with E-state index in [1.54, 1.807) is 22.6 Å². The molecule has 2 aromatic rings. The van der Waals surface area contributed by atoms with Gasteiger partial charge in [0.1, 0.15) is 0 Å². The minimum atomic E-state index is -0.122. The fourth-order valence-electron chi connectivity index (χ4n) is 3.76. The van der Waals surface area contributed by atoms with Crippen molar-refractivity contribution in [3.63, 3.8) is 0 Å². The molecule has 2 aliphatic rings. The maximum absolute atomic E-state index is 12.6. The first-order valence-electron chi connectivity index (χ1n) is 9.61. The van der Waals surface area contributed by atoms with Crippen LogP contribution in [-0.2, 0) is 4.79 Å². The van der Waals surface area contributed by atoms with Gasteiger partial charge in [0.15, 0.2) is 0 Å². The number of benzene rings is 1. The van der Waals surface area contributed by atoms with E-state index in [4.69, 9.17) is 0 Å². The Morgan fingerprint density at radius 2 is 2.14 bits per heavy atom. The summed E-state index contributed by atoms with van der Waals surface area (Å²) in [5, 5.41) is 10.7. The number of hydrogen-bond donors (Lipinski definition) is 2. The summed E-state index contributed by atoms with van der Waals surface area (Å²) in [4.78, 5) is 27.0. The average molecular weight is 400 g/mol. The third kappa shape index (κ3) is 3.93. The lowest BCUT2D eigenvalue weighted by Gasteiger charge is -2.19. The molecule has 0 bridgehead atoms. The Kier molecular flexibility index (Phi) is 5.68. The molecule has 0 aliphatic carbocycles. The molecule has 2 saturated heterocycles. The van der Waals surface area contributed by atoms with Crippen molar-refractivity contribution >= 4 is 23.6 Å². The van der Waals surface area contributed by atoms with Crippen molar-refractivity contribution in [2.45, 2.75) is 19.4 Å². The first kappa shape index (κ1) is 19.0. The smallest absolute Gasteiger partial charge is 0.254 e. The zero-order valence-electron chi connectivity index (χ0n) is 15.9. The molecule has 0 saturated carbocycles. The van der Waals surface area contributed by atoms with Gasteiger partial charge in [-0.05, 0) is 31.4 Å². The van der Waals surface area contributed by atoms with E-state index in [0.717, 1.165) is 42.5 Å². The van der Waals surface area contributed by atoms with Crippen molar-refractivity contribution in [2.24, 2.45) is 5.92 Å². The third-order valence-electron chi connectivity index (χ3n) is 5.39. The van der Waals surface area contributed by atoms with E-state index >= 15 is 0 Å². The van der Waals surface area contributed by atoms with Gasteiger partial charge in [-0.2, -0.15) is 5.10 Å². The van der Waals surface area contributed by atoms with Gasteiger partial charge in [-0.1, -0.05) is 18.2 Å². The second kappa shape index (κ2) is 8.36. The molecule has 8 heteroatoms. The summed E-state index contributed by atoms with van der Waals surface area (Å²) >= 11 is 1.80. The fourth-order valence-corrected chi connectivity index (χ4v) is 4.71. The van der Waals surface area contributed by atoms with Crippen molar-refractivity contribution in [3.8, 4) is 5.69 Å². The van der Waals surface area contributed by atoms with E-state index in [1.165, 1.54) is 0 Å². The molecule has 0 radical (unpaired) electrons. The normalized spacial score (nSPS) is 21.8. The van der Waals surface area contributed by atoms with Gasteiger partial charge in [0.25, 0.3) is 5.91 Å². The van der Waals surface area contributed by atoms with E-state index in [2.05, 4.69) is 15.7 Å². The number of para-hydroxylation sites is 1. The molecule has 2 aliphatic heterocycles. The van der Waals surface area contributed by atoms with Crippen LogP contribution in [0.1, 0.15) is 22.5 Å². The van der Waals surface area contributed by atoms with Crippen LogP contribution in [0.25, 0.3) is 5.69 Å². The zero-order chi connectivity index (χ0) is 19.5. The molecule has 4 rings (SSSR count). The van der Waals surface area contributed by atoms with E-state index in [-0.39, 0.29) is 23.8 Å². The van der Waals surface area contributed by atoms with Crippen molar-refractivity contribution in [1.29, 1.82) is 0 Å². The summed E-state index contributed by atoms with van der Waals surface area (Å²) in [5.41, 5.74) is 2.32. The van der Waals surface area contributed by atoms with E-state index < -0.39 is 0 Å². The van der Waals surface area contributed by atoms with Crippen LogP contribution in [0.4, 0.5) is 0 Å². The quantitative estimate of drug-likeness (QED) is 0.795. The first-order valence-corrected chi connectivity index (χ1v) is 10.8. The average Bonchev–Trinajstić information content (AvgIpc) is 3.47. The summed E-state index contributed by atoms with van der Waals surface area (Å²) in [6, 6.07) is 9.64. The first-order chi connectivity index (χ1) is 13.6. The van der Waals surface area contributed by atoms with Gasteiger partial charge in [-0.3, -0.25) is 9.59 Å². The number of nitrogens with zero attached hydrogens (tertiary/aromatic N) is 3. The highest BCUT2D eigenvalue weighted by molar-refractivity contribution is 7.99. The number of aromatic nitrogens is 2. The van der Waals surface area contributed by atoms with Crippen LogP contribution >= 0.6 is 11.8 Å². The number of nitrogens with one attached hydrogen (secondary N) is 2. The number of carbonyl (C=O) groups excluding carboxylic acids is 2. The molecule has 2 amide bonds. The molecule has 2 atom stereocenters. The Labute approximate surface area is 168 Å². The number of rotatable bonds is 5. The Morgan fingerprint density at radius 3 is 2.89 bits per heavy atom. The van der Waals surface area contributed by atoms with Crippen molar-refractivity contribution in [1.82, 2.24) is 25.3 Å². The van der Waals surface area contributed by atoms with Gasteiger partial charge >= 0.3 is 0 Å². The number of carbonyl (C=O) groups is 2. The summed E-state index contributed by atoms with van der Waals surface area (Å²) in [7, 11) is 0. The highest BCUT2D eigenvalue weighted by atomic mass is 32.2. The number of amides is 2. The van der Waals surface area contributed by atoms with Crippen LogP contribution in [0.5, 0.6) is 0 Å². The topological polar surface area (TPSA) is 79.3 Å². The van der Waals surface area contributed by atoms with Crippen molar-refractivity contribution in [2.75, 3.05) is 31.3 Å². The lowest BCUT2D eigenvalue weighted by molar-refractivity contribution is -0.131. The van der Waals surface area contributed by atoms with E-state index in [1.807, 2.05) is 42.2 Å². The molecule has 0 spiro atoms. The van der Waals surface area contributed by atoms with Gasteiger partial charge in [0.05, 0.1) is 35.1 Å². The third-order valence-corrected chi connectivity index (χ3v) is 6.36. The van der Waals surface area contributed by atoms with Crippen molar-refractivity contribution < 1.29 is 9.59 Å². The SMILES string of the molecule is Cc1c(C(=O)NC[C@@H]2CN[C@H](C(=O)N3CCSC3)C2)cnn1-c1ccccc1. The Hall–Kier alpha value is -2.32. The van der Waals surface area contributed by atoms with Gasteiger partial charge in [-0.15, -0.1) is 11.8 Å². The summed E-state index contributed by atoms with van der Waals surface area (Å²) < 4.78 is 1.77. The molecule has 148 valence electrons. The largest absolute Gasteiger partial charge is 0.352 e. The fraction of sp³-hybridized carbons (Fsp3) is 0.450. The maximum Gasteiger partial charge on any atom is 0.254 e. The molecule has 0 unspecified atom stereocenters. The maximum atomic E-state index is 12.6. The second-order valence-corrected chi connectivity index (χ2v) is 8.38. The molecule has 2 fully saturated rings. The molecular weight excluding hydrogens is 374 g/mol. The number of thioether (sulfide) groups is 1. The predicted molar refractivity (Wildman–Crippen MR) is 110 cm³/mol. The summed E-state index contributed by atoms with van der Waals surface area (Å²) in [6.07, 6.45) is 2.38. The summed E-state index contributed by atoms with van der Waals surface area (Å²) in [5.74, 6) is 2.15. The Bertz CT molecular complexity index is 848. The molecule has 3 heterocycles. The van der Waals surface area contributed by atoms with Gasteiger partial charge in [0, 0.05) is 25.4 Å². The van der Waals surface area contributed by atoms with Crippen LogP contribution in [0.3, 0.4) is 0 Å². The van der Waals surface area contributed by atoms with Crippen LogP contribution in [-0.4, -0.2) is 63.8 Å². The van der Waals surface area contributed by atoms with E-state index in [9.17, 15) is 9.59 Å². The van der Waals surface area contributed by atoms with Crippen LogP contribution in [0, 0.1) is 12.8 Å². The van der Waals surface area contributed by atoms with Crippen LogP contribution < -0.4 is 10.6 Å². The predicted octanol–water partition coefficient (Wildman–Crippen LogP) is 1.42. The number of hydrogen-bond acceptors (Lipinski definition) is 5. The molecule has 2 N–H and O–H groups in total. The minimum Gasteiger partial charge on any atom is -0.352 e. The highest BCUT2D eigenvalue weighted by Gasteiger charge is 2.33. The van der Waals surface area contributed by atoms with Gasteiger partial charge in [-0.25, -0.2) is 4.68 Å². The molecule has 1 aromatic carbocycles. The monoisotopic (exact) mass is 399 g/mol. The summed E-state index contributed by atoms with van der Waals surface area (Å²) in [6.45, 7) is 4.04. The van der Waals surface area contributed by atoms with Gasteiger partial charge < -0.3 is 15.5 Å². The highest BCUT2D eigenvalue weighted by Crippen LogP contribution is 2.20. The van der Waals surface area contributed by atoms with Crippen LogP contribution in [0.2, 0.25) is 0 Å². The standard InChI is InChI=1S/C20H25N5O2S/c1-14-17(12-23-25(14)16-5-3-2-4-6-16)19(26)22-11-15-9-18(21-10-15)20(27)24-7-8-28-13-24/h2-6,12,15,18,21H,7-11,13H2,1H3,(H,22,26)/t15-,18-/m0/s1. The minimum absolute atomic E-state index is 0.120.